The number of hydrogen-bond donors (Lipinski definition) is 1. The van der Waals surface area contributed by atoms with Gasteiger partial charge in [-0.3, -0.25) is 9.69 Å². The summed E-state index contributed by atoms with van der Waals surface area (Å²) >= 11 is 0. The van der Waals surface area contributed by atoms with E-state index in [1.54, 1.807) is 6.07 Å². The molecule has 0 aromatic heterocycles. The number of piperazine rings is 1. The second-order valence-corrected chi connectivity index (χ2v) is 9.24. The number of aliphatic hydroxyl groups is 1. The molecule has 2 aliphatic heterocycles. The van der Waals surface area contributed by atoms with Gasteiger partial charge in [0.15, 0.2) is 5.69 Å². The van der Waals surface area contributed by atoms with Crippen LogP contribution < -0.4 is 0 Å². The van der Waals surface area contributed by atoms with Gasteiger partial charge in [0.05, 0.1) is 24.8 Å². The van der Waals surface area contributed by atoms with E-state index < -0.39 is 6.10 Å². The molecule has 2 heterocycles. The first kappa shape index (κ1) is 21.6. The molecule has 3 aliphatic rings. The standard InChI is InChI=1S/C26H27N3O4/c1-16-9-23-19(15-33-26(23)32)12-22(16)24(30)13-28-7-8-29(25(31)14-28)21-6-4-17-10-20(27-2)5-3-18(17)11-21/h3,5,9-10,12,21,24,30H,4,6-8,11,13-15H2,1H3. The topological polar surface area (TPSA) is 74.4 Å². The van der Waals surface area contributed by atoms with Crippen LogP contribution in [0.2, 0.25) is 0 Å². The Morgan fingerprint density at radius 2 is 2.03 bits per heavy atom. The summed E-state index contributed by atoms with van der Waals surface area (Å²) in [5, 5.41) is 10.9. The summed E-state index contributed by atoms with van der Waals surface area (Å²) in [6.07, 6.45) is 1.90. The molecule has 1 fully saturated rings. The summed E-state index contributed by atoms with van der Waals surface area (Å²) in [6.45, 7) is 11.4. The lowest BCUT2D eigenvalue weighted by atomic mass is 9.87. The van der Waals surface area contributed by atoms with Gasteiger partial charge >= 0.3 is 5.97 Å². The van der Waals surface area contributed by atoms with Gasteiger partial charge in [-0.1, -0.05) is 23.8 Å². The van der Waals surface area contributed by atoms with Crippen LogP contribution in [0, 0.1) is 13.5 Å². The number of aliphatic hydroxyl groups excluding tert-OH is 1. The van der Waals surface area contributed by atoms with Gasteiger partial charge in [-0.15, -0.1) is 0 Å². The third kappa shape index (κ3) is 4.12. The zero-order valence-electron chi connectivity index (χ0n) is 18.7. The number of β-amino-alcohol motifs (C(OH)–C–C–N with tert-alkyl or cyclic N) is 1. The van der Waals surface area contributed by atoms with Crippen molar-refractivity contribution in [3.8, 4) is 0 Å². The minimum Gasteiger partial charge on any atom is -0.457 e. The molecule has 1 amide bonds. The maximum Gasteiger partial charge on any atom is 0.338 e. The Morgan fingerprint density at radius 3 is 2.82 bits per heavy atom. The lowest BCUT2D eigenvalue weighted by Gasteiger charge is -2.41. The van der Waals surface area contributed by atoms with Crippen molar-refractivity contribution in [2.75, 3.05) is 26.2 Å². The van der Waals surface area contributed by atoms with Crippen molar-refractivity contribution < 1.29 is 19.4 Å². The molecule has 2 aromatic carbocycles. The summed E-state index contributed by atoms with van der Waals surface area (Å²) in [6, 6.07) is 9.70. The summed E-state index contributed by atoms with van der Waals surface area (Å²) < 4.78 is 5.09. The Bertz CT molecular complexity index is 1170. The average Bonchev–Trinajstić information content (AvgIpc) is 3.17. The molecule has 7 nitrogen and oxygen atoms in total. The molecule has 0 radical (unpaired) electrons. The Labute approximate surface area is 193 Å². The number of cyclic esters (lactones) is 1. The third-order valence-corrected chi connectivity index (χ3v) is 7.16. The highest BCUT2D eigenvalue weighted by atomic mass is 16.5. The summed E-state index contributed by atoms with van der Waals surface area (Å²) in [7, 11) is 0. The van der Waals surface area contributed by atoms with Crippen molar-refractivity contribution in [2.24, 2.45) is 0 Å². The van der Waals surface area contributed by atoms with Crippen molar-refractivity contribution in [3.05, 3.63) is 75.1 Å². The van der Waals surface area contributed by atoms with Crippen LogP contribution in [0.15, 0.2) is 30.3 Å². The van der Waals surface area contributed by atoms with Crippen LogP contribution in [0.1, 0.15) is 50.7 Å². The minimum absolute atomic E-state index is 0.101. The number of aryl methyl sites for hydroxylation is 2. The van der Waals surface area contributed by atoms with Crippen LogP contribution in [-0.2, 0) is 29.0 Å². The van der Waals surface area contributed by atoms with E-state index in [0.29, 0.717) is 37.4 Å². The lowest BCUT2D eigenvalue weighted by Crippen LogP contribution is -2.55. The summed E-state index contributed by atoms with van der Waals surface area (Å²) in [5.41, 5.74) is 6.16. The number of benzene rings is 2. The molecule has 2 unspecified atom stereocenters. The number of ether oxygens (including phenoxy) is 1. The fourth-order valence-electron chi connectivity index (χ4n) is 5.34. The fourth-order valence-corrected chi connectivity index (χ4v) is 5.34. The zero-order valence-corrected chi connectivity index (χ0v) is 18.7. The van der Waals surface area contributed by atoms with E-state index in [4.69, 9.17) is 11.3 Å². The van der Waals surface area contributed by atoms with E-state index in [1.165, 1.54) is 11.1 Å². The Balaban J connectivity index is 1.21. The predicted octanol–water partition coefficient (Wildman–Crippen LogP) is 2.95. The summed E-state index contributed by atoms with van der Waals surface area (Å²) in [5.74, 6) is -0.211. The molecule has 5 rings (SSSR count). The predicted molar refractivity (Wildman–Crippen MR) is 122 cm³/mol. The van der Waals surface area contributed by atoms with Gasteiger partial charge in [0.1, 0.15) is 6.61 Å². The van der Waals surface area contributed by atoms with Crippen molar-refractivity contribution >= 4 is 17.6 Å². The molecule has 0 saturated carbocycles. The van der Waals surface area contributed by atoms with Crippen molar-refractivity contribution in [2.45, 2.75) is 44.9 Å². The number of rotatable bonds is 4. The number of fused-ring (bicyclic) bond motifs is 2. The highest BCUT2D eigenvalue weighted by Crippen LogP contribution is 2.30. The normalized spacial score (nSPS) is 21.2. The largest absolute Gasteiger partial charge is 0.457 e. The van der Waals surface area contributed by atoms with Crippen molar-refractivity contribution in [3.63, 3.8) is 0 Å². The van der Waals surface area contributed by atoms with E-state index in [-0.39, 0.29) is 24.5 Å². The molecule has 0 bridgehead atoms. The Morgan fingerprint density at radius 1 is 1.18 bits per heavy atom. The molecule has 1 N–H and O–H groups in total. The first-order valence-corrected chi connectivity index (χ1v) is 11.4. The van der Waals surface area contributed by atoms with Gasteiger partial charge in [-0.05, 0) is 55.0 Å². The van der Waals surface area contributed by atoms with Crippen LogP contribution in [-0.4, -0.2) is 59.0 Å². The molecular formula is C26H27N3O4. The molecule has 1 saturated heterocycles. The maximum atomic E-state index is 13.0. The quantitative estimate of drug-likeness (QED) is 0.579. The van der Waals surface area contributed by atoms with Gasteiger partial charge in [-0.2, -0.15) is 0 Å². The zero-order chi connectivity index (χ0) is 23.1. The molecule has 2 aromatic rings. The maximum absolute atomic E-state index is 13.0. The van der Waals surface area contributed by atoms with E-state index >= 15 is 0 Å². The van der Waals surface area contributed by atoms with Gasteiger partial charge in [0, 0.05) is 31.2 Å². The first-order chi connectivity index (χ1) is 15.9. The van der Waals surface area contributed by atoms with Crippen molar-refractivity contribution in [1.82, 2.24) is 9.80 Å². The highest BCUT2D eigenvalue weighted by Gasteiger charge is 2.33. The monoisotopic (exact) mass is 445 g/mol. The van der Waals surface area contributed by atoms with E-state index in [1.807, 2.05) is 41.0 Å². The van der Waals surface area contributed by atoms with Gasteiger partial charge in [0.2, 0.25) is 5.91 Å². The molecule has 2 atom stereocenters. The van der Waals surface area contributed by atoms with E-state index in [2.05, 4.69) is 4.85 Å². The molecule has 1 aliphatic carbocycles. The Kier molecular flexibility index (Phi) is 5.65. The SMILES string of the molecule is [C-]#[N+]c1ccc2c(c1)CCC(N1CCN(CC(O)c3cc4c(cc3C)C(=O)OC4)CC1=O)C2. The Hall–Kier alpha value is -3.21. The van der Waals surface area contributed by atoms with Crippen molar-refractivity contribution in [1.29, 1.82) is 0 Å². The smallest absolute Gasteiger partial charge is 0.338 e. The minimum atomic E-state index is -0.733. The molecule has 170 valence electrons. The summed E-state index contributed by atoms with van der Waals surface area (Å²) in [4.78, 5) is 32.3. The number of esters is 1. The highest BCUT2D eigenvalue weighted by molar-refractivity contribution is 5.93. The van der Waals surface area contributed by atoms with Crippen LogP contribution in [0.3, 0.4) is 0 Å². The van der Waals surface area contributed by atoms with E-state index in [0.717, 1.165) is 36.0 Å². The van der Waals surface area contributed by atoms with Crippen LogP contribution >= 0.6 is 0 Å². The average molecular weight is 446 g/mol. The van der Waals surface area contributed by atoms with Gasteiger partial charge in [0.25, 0.3) is 0 Å². The third-order valence-electron chi connectivity index (χ3n) is 7.16. The molecule has 33 heavy (non-hydrogen) atoms. The number of nitrogens with zero attached hydrogens (tertiary/aromatic N) is 3. The second-order valence-electron chi connectivity index (χ2n) is 9.24. The molecule has 0 spiro atoms. The van der Waals surface area contributed by atoms with Gasteiger partial charge < -0.3 is 14.7 Å². The van der Waals surface area contributed by atoms with E-state index in [9.17, 15) is 14.7 Å². The fraction of sp³-hybridized carbons (Fsp3) is 0.423. The number of amides is 1. The second kappa shape index (κ2) is 8.62. The van der Waals surface area contributed by atoms with Crippen LogP contribution in [0.4, 0.5) is 5.69 Å². The number of hydrogen-bond acceptors (Lipinski definition) is 5. The molecular weight excluding hydrogens is 418 g/mol. The van der Waals surface area contributed by atoms with Crippen LogP contribution in [0.25, 0.3) is 4.85 Å². The number of carbonyl (C=O) groups excluding carboxylic acids is 2. The van der Waals surface area contributed by atoms with Crippen LogP contribution in [0.5, 0.6) is 0 Å². The number of carbonyl (C=O) groups is 2. The first-order valence-electron chi connectivity index (χ1n) is 11.4. The van der Waals surface area contributed by atoms with Gasteiger partial charge in [-0.25, -0.2) is 9.64 Å². The molecule has 7 heteroatoms. The lowest BCUT2D eigenvalue weighted by molar-refractivity contribution is -0.139.